The lowest BCUT2D eigenvalue weighted by molar-refractivity contribution is -0.128. The van der Waals surface area contributed by atoms with Gasteiger partial charge in [-0.05, 0) is 30.9 Å². The van der Waals surface area contributed by atoms with Crippen molar-refractivity contribution in [2.45, 2.75) is 30.3 Å². The number of carbonyl (C=O) groups is 2. The standard InChI is InChI=1S/C17H19F3N2O2S/c18-17(19,20)10-25-14-4-2-1-3-13(14)21-16(24)12-7-15(23)22(9-12)8-11-5-6-11/h1-4,11-12H,5-10H2,(H,21,24)/t12-/m0/s1. The van der Waals surface area contributed by atoms with E-state index in [0.717, 1.165) is 12.8 Å². The second kappa shape index (κ2) is 7.27. The number of anilines is 1. The Morgan fingerprint density at radius 2 is 2.00 bits per heavy atom. The van der Waals surface area contributed by atoms with Crippen molar-refractivity contribution in [2.24, 2.45) is 11.8 Å². The first-order valence-corrected chi connectivity index (χ1v) is 9.17. The number of nitrogens with zero attached hydrogens (tertiary/aromatic N) is 1. The van der Waals surface area contributed by atoms with Crippen LogP contribution < -0.4 is 5.32 Å². The molecule has 2 amide bonds. The lowest BCUT2D eigenvalue weighted by Gasteiger charge is -2.17. The number of hydrogen-bond donors (Lipinski definition) is 1. The van der Waals surface area contributed by atoms with Crippen molar-refractivity contribution in [1.82, 2.24) is 4.90 Å². The largest absolute Gasteiger partial charge is 0.398 e. The molecule has 0 radical (unpaired) electrons. The number of carbonyl (C=O) groups excluding carboxylic acids is 2. The second-order valence-corrected chi connectivity index (χ2v) is 7.55. The van der Waals surface area contributed by atoms with E-state index in [2.05, 4.69) is 5.32 Å². The molecule has 136 valence electrons. The maximum Gasteiger partial charge on any atom is 0.398 e. The molecule has 1 N–H and O–H groups in total. The highest BCUT2D eigenvalue weighted by molar-refractivity contribution is 7.99. The number of benzene rings is 1. The Balaban J connectivity index is 1.60. The lowest BCUT2D eigenvalue weighted by atomic mass is 10.1. The van der Waals surface area contributed by atoms with Crippen LogP contribution in [0.3, 0.4) is 0 Å². The molecule has 4 nitrogen and oxygen atoms in total. The molecule has 1 aromatic rings. The fourth-order valence-electron chi connectivity index (χ4n) is 2.83. The van der Waals surface area contributed by atoms with Crippen LogP contribution in [0.5, 0.6) is 0 Å². The van der Waals surface area contributed by atoms with Crippen LogP contribution in [-0.4, -0.2) is 41.7 Å². The third kappa shape index (κ3) is 5.14. The minimum absolute atomic E-state index is 0.0215. The molecule has 8 heteroatoms. The van der Waals surface area contributed by atoms with Crippen LogP contribution in [-0.2, 0) is 9.59 Å². The molecule has 1 aromatic carbocycles. The highest BCUT2D eigenvalue weighted by atomic mass is 32.2. The number of amides is 2. The van der Waals surface area contributed by atoms with Gasteiger partial charge in [0.25, 0.3) is 0 Å². The van der Waals surface area contributed by atoms with Crippen molar-refractivity contribution in [3.8, 4) is 0 Å². The maximum atomic E-state index is 12.4. The van der Waals surface area contributed by atoms with Crippen molar-refractivity contribution in [2.75, 3.05) is 24.2 Å². The van der Waals surface area contributed by atoms with Crippen molar-refractivity contribution in [1.29, 1.82) is 0 Å². The molecule has 25 heavy (non-hydrogen) atoms. The van der Waals surface area contributed by atoms with E-state index in [4.69, 9.17) is 0 Å². The summed E-state index contributed by atoms with van der Waals surface area (Å²) >= 11 is 0.639. The zero-order valence-electron chi connectivity index (χ0n) is 13.5. The van der Waals surface area contributed by atoms with Gasteiger partial charge in [0.2, 0.25) is 11.8 Å². The van der Waals surface area contributed by atoms with Gasteiger partial charge in [-0.1, -0.05) is 12.1 Å². The molecule has 1 saturated carbocycles. The van der Waals surface area contributed by atoms with E-state index in [9.17, 15) is 22.8 Å². The first kappa shape index (κ1) is 18.1. The number of alkyl halides is 3. The molecular weight excluding hydrogens is 353 g/mol. The summed E-state index contributed by atoms with van der Waals surface area (Å²) in [6.45, 7) is 1.10. The summed E-state index contributed by atoms with van der Waals surface area (Å²) in [6, 6.07) is 6.41. The number of thioether (sulfide) groups is 1. The van der Waals surface area contributed by atoms with Gasteiger partial charge in [-0.3, -0.25) is 9.59 Å². The van der Waals surface area contributed by atoms with Gasteiger partial charge >= 0.3 is 6.18 Å². The Morgan fingerprint density at radius 3 is 2.68 bits per heavy atom. The van der Waals surface area contributed by atoms with Gasteiger partial charge in [0.15, 0.2) is 0 Å². The molecule has 1 aliphatic heterocycles. The summed E-state index contributed by atoms with van der Waals surface area (Å²) in [7, 11) is 0. The zero-order valence-corrected chi connectivity index (χ0v) is 14.3. The predicted molar refractivity (Wildman–Crippen MR) is 89.3 cm³/mol. The van der Waals surface area contributed by atoms with Gasteiger partial charge in [0.05, 0.1) is 17.4 Å². The quantitative estimate of drug-likeness (QED) is 0.777. The molecule has 0 aromatic heterocycles. The van der Waals surface area contributed by atoms with Gasteiger partial charge in [-0.25, -0.2) is 0 Å². The third-order valence-corrected chi connectivity index (χ3v) is 5.44. The van der Waals surface area contributed by atoms with Gasteiger partial charge in [0, 0.05) is 24.4 Å². The van der Waals surface area contributed by atoms with E-state index < -0.39 is 17.8 Å². The van der Waals surface area contributed by atoms with Gasteiger partial charge in [-0.15, -0.1) is 11.8 Å². The van der Waals surface area contributed by atoms with Crippen LogP contribution in [0.2, 0.25) is 0 Å². The number of rotatable bonds is 6. The number of halogens is 3. The van der Waals surface area contributed by atoms with Crippen molar-refractivity contribution in [3.63, 3.8) is 0 Å². The molecule has 0 spiro atoms. The topological polar surface area (TPSA) is 49.4 Å². The summed E-state index contributed by atoms with van der Waals surface area (Å²) < 4.78 is 37.3. The van der Waals surface area contributed by atoms with Crippen LogP contribution in [0.15, 0.2) is 29.2 Å². The summed E-state index contributed by atoms with van der Waals surface area (Å²) in [6.07, 6.45) is -1.85. The number of likely N-dealkylation sites (tertiary alicyclic amines) is 1. The fourth-order valence-corrected chi connectivity index (χ4v) is 3.60. The molecule has 2 aliphatic rings. The first-order valence-electron chi connectivity index (χ1n) is 8.19. The molecule has 1 heterocycles. The molecule has 1 atom stereocenters. The zero-order chi connectivity index (χ0) is 18.0. The van der Waals surface area contributed by atoms with E-state index in [1.165, 1.54) is 0 Å². The molecule has 0 bridgehead atoms. The smallest absolute Gasteiger partial charge is 0.342 e. The lowest BCUT2D eigenvalue weighted by Crippen LogP contribution is -2.30. The Morgan fingerprint density at radius 1 is 1.28 bits per heavy atom. The predicted octanol–water partition coefficient (Wildman–Crippen LogP) is 3.54. The molecular formula is C17H19F3N2O2S. The fraction of sp³-hybridized carbons (Fsp3) is 0.529. The average molecular weight is 372 g/mol. The van der Waals surface area contributed by atoms with Gasteiger partial charge < -0.3 is 10.2 Å². The average Bonchev–Trinajstić information content (AvgIpc) is 3.28. The molecule has 1 saturated heterocycles. The Bertz CT molecular complexity index is 662. The monoisotopic (exact) mass is 372 g/mol. The van der Waals surface area contributed by atoms with E-state index >= 15 is 0 Å². The summed E-state index contributed by atoms with van der Waals surface area (Å²) in [4.78, 5) is 26.5. The maximum absolute atomic E-state index is 12.4. The van der Waals surface area contributed by atoms with Crippen LogP contribution >= 0.6 is 11.8 Å². The summed E-state index contributed by atoms with van der Waals surface area (Å²) in [5.41, 5.74) is 0.356. The Hall–Kier alpha value is -1.70. The summed E-state index contributed by atoms with van der Waals surface area (Å²) in [5.74, 6) is -1.24. The first-order chi connectivity index (χ1) is 11.8. The summed E-state index contributed by atoms with van der Waals surface area (Å²) in [5, 5.41) is 2.69. The number of para-hydroxylation sites is 1. The SMILES string of the molecule is O=C(Nc1ccccc1SCC(F)(F)F)[C@H]1CC(=O)N(CC2CC2)C1. The van der Waals surface area contributed by atoms with E-state index in [1.807, 2.05) is 0 Å². The van der Waals surface area contributed by atoms with Crippen molar-refractivity contribution < 1.29 is 22.8 Å². The Kier molecular flexibility index (Phi) is 5.27. The van der Waals surface area contributed by atoms with Crippen LogP contribution in [0.4, 0.5) is 18.9 Å². The Labute approximate surface area is 148 Å². The van der Waals surface area contributed by atoms with Crippen molar-refractivity contribution >= 4 is 29.3 Å². The molecule has 3 rings (SSSR count). The normalized spacial score (nSPS) is 20.8. The van der Waals surface area contributed by atoms with E-state index in [-0.39, 0.29) is 18.2 Å². The van der Waals surface area contributed by atoms with Gasteiger partial charge in [-0.2, -0.15) is 13.2 Å². The highest BCUT2D eigenvalue weighted by Gasteiger charge is 2.37. The van der Waals surface area contributed by atoms with Crippen molar-refractivity contribution in [3.05, 3.63) is 24.3 Å². The van der Waals surface area contributed by atoms with Crippen LogP contribution in [0.25, 0.3) is 0 Å². The van der Waals surface area contributed by atoms with Gasteiger partial charge in [0.1, 0.15) is 0 Å². The van der Waals surface area contributed by atoms with E-state index in [0.29, 0.717) is 41.4 Å². The highest BCUT2D eigenvalue weighted by Crippen LogP contribution is 2.34. The molecule has 2 fully saturated rings. The van der Waals surface area contributed by atoms with E-state index in [1.54, 1.807) is 29.2 Å². The third-order valence-electron chi connectivity index (χ3n) is 4.30. The number of nitrogens with one attached hydrogen (secondary N) is 1. The minimum atomic E-state index is -4.27. The molecule has 0 unspecified atom stereocenters. The van der Waals surface area contributed by atoms with Crippen LogP contribution in [0, 0.1) is 11.8 Å². The minimum Gasteiger partial charge on any atom is -0.342 e. The van der Waals surface area contributed by atoms with Crippen LogP contribution in [0.1, 0.15) is 19.3 Å². The number of hydrogen-bond acceptors (Lipinski definition) is 3. The second-order valence-electron chi connectivity index (χ2n) is 6.53. The molecule has 1 aliphatic carbocycles.